The Labute approximate surface area is 58.2 Å². The van der Waals surface area contributed by atoms with Crippen molar-refractivity contribution in [3.05, 3.63) is 10.4 Å². The summed E-state index contributed by atoms with van der Waals surface area (Å²) in [5.74, 6) is 0. The molecule has 0 bridgehead atoms. The third kappa shape index (κ3) is 5.14. The van der Waals surface area contributed by atoms with Gasteiger partial charge in [0, 0.05) is 11.5 Å². The first-order chi connectivity index (χ1) is 4.31. The Morgan fingerprint density at radius 3 is 2.89 bits per heavy atom. The average Bonchev–Trinajstić information content (AvgIpc) is 1.85. The van der Waals surface area contributed by atoms with Crippen molar-refractivity contribution in [3.8, 4) is 0 Å². The monoisotopic (exact) mass is 146 g/mol. The van der Waals surface area contributed by atoms with Crippen molar-refractivity contribution in [2.24, 2.45) is 10.1 Å². The van der Waals surface area contributed by atoms with Crippen LogP contribution < -0.4 is 0 Å². The standard InChI is InChI=1S/C4H7ClN4/c1-7-3-2-4(5)8-9-6/h4H,1-3H2. The summed E-state index contributed by atoms with van der Waals surface area (Å²) in [5, 5.41) is 3.22. The summed E-state index contributed by atoms with van der Waals surface area (Å²) in [5.41, 5.74) is 7.38. The van der Waals surface area contributed by atoms with Crippen LogP contribution in [0, 0.1) is 0 Å². The minimum Gasteiger partial charge on any atom is -0.301 e. The quantitative estimate of drug-likeness (QED) is 0.145. The van der Waals surface area contributed by atoms with E-state index >= 15 is 0 Å². The highest BCUT2D eigenvalue weighted by Crippen LogP contribution is 2.02. The number of halogens is 1. The minimum absolute atomic E-state index is 0.486. The van der Waals surface area contributed by atoms with E-state index in [1.165, 1.54) is 0 Å². The van der Waals surface area contributed by atoms with Gasteiger partial charge in [0.25, 0.3) is 0 Å². The minimum atomic E-state index is -0.486. The molecule has 4 nitrogen and oxygen atoms in total. The van der Waals surface area contributed by atoms with Crippen LogP contribution in [0.15, 0.2) is 10.1 Å². The fourth-order valence-corrected chi connectivity index (χ4v) is 0.448. The fraction of sp³-hybridized carbons (Fsp3) is 0.750. The Hall–Kier alpha value is -0.730. The molecule has 9 heavy (non-hydrogen) atoms. The zero-order chi connectivity index (χ0) is 7.11. The van der Waals surface area contributed by atoms with Gasteiger partial charge in [0.15, 0.2) is 0 Å². The van der Waals surface area contributed by atoms with E-state index in [1.54, 1.807) is 0 Å². The van der Waals surface area contributed by atoms with Crippen LogP contribution in [-0.4, -0.2) is 18.8 Å². The smallest absolute Gasteiger partial charge is 0.114 e. The van der Waals surface area contributed by atoms with Gasteiger partial charge < -0.3 is 4.99 Å². The van der Waals surface area contributed by atoms with Crippen LogP contribution in [-0.2, 0) is 0 Å². The fourth-order valence-electron chi connectivity index (χ4n) is 0.312. The zero-order valence-corrected chi connectivity index (χ0v) is 5.62. The lowest BCUT2D eigenvalue weighted by atomic mass is 10.4. The molecule has 0 aromatic heterocycles. The van der Waals surface area contributed by atoms with E-state index in [4.69, 9.17) is 17.1 Å². The maximum Gasteiger partial charge on any atom is 0.114 e. The third-order valence-corrected chi connectivity index (χ3v) is 1.01. The van der Waals surface area contributed by atoms with Gasteiger partial charge in [-0.3, -0.25) is 0 Å². The number of azide groups is 1. The van der Waals surface area contributed by atoms with Crippen molar-refractivity contribution < 1.29 is 0 Å². The SMILES string of the molecule is C=NCCC(Cl)N=[N+]=[N-]. The summed E-state index contributed by atoms with van der Waals surface area (Å²) < 4.78 is 0. The van der Waals surface area contributed by atoms with Crippen molar-refractivity contribution in [3.63, 3.8) is 0 Å². The first-order valence-corrected chi connectivity index (χ1v) is 2.85. The van der Waals surface area contributed by atoms with Crippen LogP contribution in [0.5, 0.6) is 0 Å². The largest absolute Gasteiger partial charge is 0.301 e. The molecule has 0 rings (SSSR count). The summed E-state index contributed by atoms with van der Waals surface area (Å²) in [7, 11) is 0. The summed E-state index contributed by atoms with van der Waals surface area (Å²) >= 11 is 5.45. The summed E-state index contributed by atoms with van der Waals surface area (Å²) in [6.07, 6.45) is 0.551. The molecule has 1 atom stereocenters. The number of hydrogen-bond donors (Lipinski definition) is 0. The molecule has 0 aromatic rings. The van der Waals surface area contributed by atoms with E-state index in [2.05, 4.69) is 21.7 Å². The first-order valence-electron chi connectivity index (χ1n) is 2.42. The lowest BCUT2D eigenvalue weighted by molar-refractivity contribution is 0.787. The Kier molecular flexibility index (Phi) is 4.97. The van der Waals surface area contributed by atoms with Crippen LogP contribution in [0.2, 0.25) is 0 Å². The van der Waals surface area contributed by atoms with Gasteiger partial charge in [0.2, 0.25) is 0 Å². The highest BCUT2D eigenvalue weighted by molar-refractivity contribution is 6.20. The van der Waals surface area contributed by atoms with Gasteiger partial charge in [-0.2, -0.15) is 0 Å². The zero-order valence-electron chi connectivity index (χ0n) is 4.87. The second kappa shape index (κ2) is 5.41. The van der Waals surface area contributed by atoms with E-state index in [-0.39, 0.29) is 0 Å². The molecule has 0 saturated carbocycles. The number of hydrogen-bond acceptors (Lipinski definition) is 2. The molecule has 50 valence electrons. The van der Waals surface area contributed by atoms with E-state index in [0.29, 0.717) is 13.0 Å². The van der Waals surface area contributed by atoms with Gasteiger partial charge in [-0.05, 0) is 18.7 Å². The molecule has 0 saturated heterocycles. The number of alkyl halides is 1. The number of aliphatic imine (C=N–C) groups is 1. The summed E-state index contributed by atoms with van der Waals surface area (Å²) in [6, 6.07) is 0. The molecule has 0 aromatic carbocycles. The molecule has 0 N–H and O–H groups in total. The summed E-state index contributed by atoms with van der Waals surface area (Å²) in [4.78, 5) is 6.06. The van der Waals surface area contributed by atoms with Crippen LogP contribution >= 0.6 is 11.6 Å². The average molecular weight is 147 g/mol. The second-order valence-electron chi connectivity index (χ2n) is 1.38. The predicted molar refractivity (Wildman–Crippen MR) is 37.8 cm³/mol. The molecule has 0 amide bonds. The first kappa shape index (κ1) is 8.27. The highest BCUT2D eigenvalue weighted by Gasteiger charge is 1.96. The number of rotatable bonds is 4. The second-order valence-corrected chi connectivity index (χ2v) is 1.88. The normalized spacial score (nSPS) is 11.7. The Morgan fingerprint density at radius 1 is 1.78 bits per heavy atom. The molecule has 0 radical (unpaired) electrons. The molecule has 0 fully saturated rings. The molecule has 0 heterocycles. The molecule has 1 unspecified atom stereocenters. The molecule has 0 aliphatic heterocycles. The van der Waals surface area contributed by atoms with Crippen LogP contribution in [0.4, 0.5) is 0 Å². The van der Waals surface area contributed by atoms with Crippen LogP contribution in [0.25, 0.3) is 10.4 Å². The third-order valence-electron chi connectivity index (χ3n) is 0.702. The lowest BCUT2D eigenvalue weighted by Crippen LogP contribution is -1.93. The Morgan fingerprint density at radius 2 is 2.44 bits per heavy atom. The van der Waals surface area contributed by atoms with E-state index in [1.807, 2.05) is 0 Å². The van der Waals surface area contributed by atoms with Gasteiger partial charge in [-0.15, -0.1) is 11.6 Å². The van der Waals surface area contributed by atoms with Gasteiger partial charge in [0.1, 0.15) is 5.50 Å². The maximum absolute atomic E-state index is 7.86. The molecule has 0 spiro atoms. The van der Waals surface area contributed by atoms with Gasteiger partial charge in [-0.1, -0.05) is 5.11 Å². The highest BCUT2D eigenvalue weighted by atomic mass is 35.5. The Balaban J connectivity index is 3.37. The van der Waals surface area contributed by atoms with E-state index in [9.17, 15) is 0 Å². The number of nitrogens with zero attached hydrogens (tertiary/aromatic N) is 4. The van der Waals surface area contributed by atoms with Crippen LogP contribution in [0.1, 0.15) is 6.42 Å². The van der Waals surface area contributed by atoms with Gasteiger partial charge >= 0.3 is 0 Å². The molecular weight excluding hydrogens is 140 g/mol. The van der Waals surface area contributed by atoms with Gasteiger partial charge in [0.05, 0.1) is 0 Å². The van der Waals surface area contributed by atoms with Crippen molar-refractivity contribution in [1.29, 1.82) is 0 Å². The van der Waals surface area contributed by atoms with Gasteiger partial charge in [-0.25, -0.2) is 0 Å². The summed E-state index contributed by atoms with van der Waals surface area (Å²) in [6.45, 7) is 3.78. The molecular formula is C4H7ClN4. The lowest BCUT2D eigenvalue weighted by Gasteiger charge is -1.94. The van der Waals surface area contributed by atoms with Crippen molar-refractivity contribution in [2.45, 2.75) is 11.9 Å². The van der Waals surface area contributed by atoms with Crippen molar-refractivity contribution in [2.75, 3.05) is 6.54 Å². The van der Waals surface area contributed by atoms with E-state index < -0.39 is 5.50 Å². The van der Waals surface area contributed by atoms with Crippen molar-refractivity contribution >= 4 is 18.3 Å². The molecule has 0 aliphatic carbocycles. The van der Waals surface area contributed by atoms with Crippen LogP contribution in [0.3, 0.4) is 0 Å². The maximum atomic E-state index is 7.86. The predicted octanol–water partition coefficient (Wildman–Crippen LogP) is 1.95. The Bertz CT molecular complexity index is 129. The molecule has 0 aliphatic rings. The van der Waals surface area contributed by atoms with Crippen molar-refractivity contribution in [1.82, 2.24) is 0 Å². The molecule has 5 heteroatoms. The van der Waals surface area contributed by atoms with E-state index in [0.717, 1.165) is 0 Å². The topological polar surface area (TPSA) is 61.1 Å².